The summed E-state index contributed by atoms with van der Waals surface area (Å²) in [5, 5.41) is 0. The van der Waals surface area contributed by atoms with Crippen molar-refractivity contribution in [1.29, 1.82) is 0 Å². The summed E-state index contributed by atoms with van der Waals surface area (Å²) in [6.45, 7) is -5.97. The van der Waals surface area contributed by atoms with E-state index < -0.39 is 26.0 Å². The van der Waals surface area contributed by atoms with Crippen molar-refractivity contribution in [3.8, 4) is 0 Å². The summed E-state index contributed by atoms with van der Waals surface area (Å²) in [5.74, 6) is -2.69. The second kappa shape index (κ2) is 2.88. The van der Waals surface area contributed by atoms with Gasteiger partial charge in [-0.2, -0.15) is 0 Å². The fraction of sp³-hybridized carbons (Fsp3) is 0.800. The molecule has 36 valence electrons. The van der Waals surface area contributed by atoms with Crippen molar-refractivity contribution < 1.29 is 14.4 Å². The SMILES string of the molecule is [2H]C([2H])([2H])C([2H])(CC=O)C([2H])([2H])[2H]. The molecular formula is C5H10O. The zero-order chi connectivity index (χ0) is 10.9. The molecule has 0 atom stereocenters. The van der Waals surface area contributed by atoms with E-state index in [1.165, 1.54) is 0 Å². The van der Waals surface area contributed by atoms with Crippen LogP contribution >= 0.6 is 0 Å². The van der Waals surface area contributed by atoms with Gasteiger partial charge in [0.2, 0.25) is 0 Å². The molecule has 0 aromatic rings. The summed E-state index contributed by atoms with van der Waals surface area (Å²) in [5.41, 5.74) is 0. The van der Waals surface area contributed by atoms with E-state index in [0.29, 0.717) is 0 Å². The lowest BCUT2D eigenvalue weighted by molar-refractivity contribution is -0.108. The molecule has 1 heteroatoms. The summed E-state index contributed by atoms with van der Waals surface area (Å²) in [6.07, 6.45) is -0.675. The average molecular weight is 93.2 g/mol. The van der Waals surface area contributed by atoms with Crippen LogP contribution in [0.25, 0.3) is 0 Å². The van der Waals surface area contributed by atoms with Gasteiger partial charge in [-0.3, -0.25) is 0 Å². The largest absolute Gasteiger partial charge is 0.303 e. The van der Waals surface area contributed by atoms with Gasteiger partial charge in [-0.1, -0.05) is 13.7 Å². The number of carbonyl (C=O) groups is 1. The van der Waals surface area contributed by atoms with E-state index in [0.717, 1.165) is 0 Å². The van der Waals surface area contributed by atoms with Gasteiger partial charge in [-0.05, 0) is 5.89 Å². The fourth-order valence-electron chi connectivity index (χ4n) is 0.0833. The maximum Gasteiger partial charge on any atom is 0.120 e. The van der Waals surface area contributed by atoms with Crippen molar-refractivity contribution in [3.63, 3.8) is 0 Å². The minimum atomic E-state index is -2.99. The molecule has 0 N–H and O–H groups in total. The molecule has 0 saturated heterocycles. The Bertz CT molecular complexity index is 176. The van der Waals surface area contributed by atoms with Crippen LogP contribution in [-0.4, -0.2) is 6.29 Å². The number of hydrogen-bond acceptors (Lipinski definition) is 1. The van der Waals surface area contributed by atoms with Crippen LogP contribution < -0.4 is 0 Å². The lowest BCUT2D eigenvalue weighted by Crippen LogP contribution is -1.84. The minimum Gasteiger partial charge on any atom is -0.303 e. The molecule has 0 saturated carbocycles. The van der Waals surface area contributed by atoms with Crippen molar-refractivity contribution in [1.82, 2.24) is 0 Å². The Morgan fingerprint density at radius 1 is 2.17 bits per heavy atom. The number of carbonyl (C=O) groups excluding carboxylic acids is 1. The predicted octanol–water partition coefficient (Wildman–Crippen LogP) is 1.23. The molecular weight excluding hydrogens is 76.1 g/mol. The van der Waals surface area contributed by atoms with Crippen LogP contribution in [0.1, 0.15) is 29.7 Å². The van der Waals surface area contributed by atoms with Crippen LogP contribution in [0.4, 0.5) is 0 Å². The molecule has 0 rings (SSSR count). The molecule has 0 aliphatic rings. The lowest BCUT2D eigenvalue weighted by atomic mass is 10.2. The first-order chi connectivity index (χ1) is 5.56. The highest BCUT2D eigenvalue weighted by atomic mass is 16.1. The Kier molecular flexibility index (Phi) is 0.436. The van der Waals surface area contributed by atoms with Crippen LogP contribution in [0.5, 0.6) is 0 Å². The summed E-state index contributed by atoms with van der Waals surface area (Å²) < 4.78 is 48.5. The standard InChI is InChI=1S/C5H10O/c1-5(2)3-4-6/h4-5H,3H2,1-2H3/i1D3,2D3,5D. The predicted molar refractivity (Wildman–Crippen MR) is 25.5 cm³/mol. The Morgan fingerprint density at radius 2 is 2.83 bits per heavy atom. The Labute approximate surface area is 48.2 Å². The first-order valence-corrected chi connectivity index (χ1v) is 1.50. The Morgan fingerprint density at radius 3 is 3.00 bits per heavy atom. The van der Waals surface area contributed by atoms with E-state index in [9.17, 15) is 4.79 Å². The van der Waals surface area contributed by atoms with E-state index in [1.54, 1.807) is 0 Å². The summed E-state index contributed by atoms with van der Waals surface area (Å²) >= 11 is 0. The van der Waals surface area contributed by atoms with Gasteiger partial charge in [-0.15, -0.1) is 0 Å². The Hall–Kier alpha value is -0.330. The molecule has 0 aromatic heterocycles. The van der Waals surface area contributed by atoms with Gasteiger partial charge in [-0.25, -0.2) is 0 Å². The third-order valence-corrected chi connectivity index (χ3v) is 0.287. The van der Waals surface area contributed by atoms with Crippen LogP contribution in [0.15, 0.2) is 0 Å². The van der Waals surface area contributed by atoms with Crippen molar-refractivity contribution in [2.24, 2.45) is 5.89 Å². The van der Waals surface area contributed by atoms with Gasteiger partial charge >= 0.3 is 0 Å². The molecule has 0 unspecified atom stereocenters. The second-order valence-corrected chi connectivity index (χ2v) is 0.849. The molecule has 0 bridgehead atoms. The van der Waals surface area contributed by atoms with Gasteiger partial charge in [0.05, 0.1) is 0 Å². The third-order valence-electron chi connectivity index (χ3n) is 0.287. The maximum atomic E-state index is 10.1. The van der Waals surface area contributed by atoms with Gasteiger partial charge in [0.25, 0.3) is 0 Å². The number of rotatable bonds is 2. The van der Waals surface area contributed by atoms with Crippen LogP contribution in [0, 0.1) is 5.89 Å². The highest BCUT2D eigenvalue weighted by molar-refractivity contribution is 5.49. The first kappa shape index (κ1) is 0.908. The Balaban J connectivity index is 5.07. The van der Waals surface area contributed by atoms with E-state index in [-0.39, 0.29) is 6.29 Å². The van der Waals surface area contributed by atoms with Crippen LogP contribution in [-0.2, 0) is 4.79 Å². The van der Waals surface area contributed by atoms with Gasteiger partial charge in [0.15, 0.2) is 0 Å². The van der Waals surface area contributed by atoms with Crippen molar-refractivity contribution in [2.75, 3.05) is 0 Å². The fourth-order valence-corrected chi connectivity index (χ4v) is 0.0833. The van der Waals surface area contributed by atoms with Gasteiger partial charge < -0.3 is 4.79 Å². The summed E-state index contributed by atoms with van der Waals surface area (Å²) in [4.78, 5) is 10.1. The van der Waals surface area contributed by atoms with Crippen molar-refractivity contribution >= 4 is 6.29 Å². The second-order valence-electron chi connectivity index (χ2n) is 0.849. The molecule has 0 amide bonds. The molecule has 0 heterocycles. The molecule has 0 aliphatic carbocycles. The lowest BCUT2D eigenvalue weighted by Gasteiger charge is -1.89. The van der Waals surface area contributed by atoms with E-state index in [2.05, 4.69) is 0 Å². The quantitative estimate of drug-likeness (QED) is 0.469. The van der Waals surface area contributed by atoms with Crippen molar-refractivity contribution in [2.45, 2.75) is 20.1 Å². The molecule has 0 aliphatic heterocycles. The molecule has 0 aromatic carbocycles. The molecule has 0 spiro atoms. The molecule has 6 heavy (non-hydrogen) atoms. The zero-order valence-corrected chi connectivity index (χ0v) is 3.19. The van der Waals surface area contributed by atoms with Gasteiger partial charge in [0, 0.05) is 16.0 Å². The molecule has 0 fully saturated rings. The first-order valence-electron chi connectivity index (χ1n) is 5.00. The number of aldehydes is 1. The average Bonchev–Trinajstić information content (AvgIpc) is 1.82. The van der Waals surface area contributed by atoms with E-state index >= 15 is 0 Å². The van der Waals surface area contributed by atoms with Crippen molar-refractivity contribution in [3.05, 3.63) is 0 Å². The summed E-state index contributed by atoms with van der Waals surface area (Å²) in [7, 11) is 0. The van der Waals surface area contributed by atoms with E-state index in [1.807, 2.05) is 0 Å². The van der Waals surface area contributed by atoms with Crippen LogP contribution in [0.3, 0.4) is 0 Å². The smallest absolute Gasteiger partial charge is 0.120 e. The normalized spacial score (nSPS) is 32.3. The summed E-state index contributed by atoms with van der Waals surface area (Å²) in [6, 6.07) is 0. The highest BCUT2D eigenvalue weighted by Crippen LogP contribution is 1.92. The number of hydrogen-bond donors (Lipinski definition) is 0. The zero-order valence-electron chi connectivity index (χ0n) is 10.2. The highest BCUT2D eigenvalue weighted by Gasteiger charge is 1.85. The minimum absolute atomic E-state index is 0.145. The van der Waals surface area contributed by atoms with Crippen LogP contribution in [0.2, 0.25) is 0 Å². The van der Waals surface area contributed by atoms with Gasteiger partial charge in [0.1, 0.15) is 6.29 Å². The monoisotopic (exact) mass is 93.1 g/mol. The maximum absolute atomic E-state index is 10.1. The third kappa shape index (κ3) is 3.67. The molecule has 0 radical (unpaired) electrons. The topological polar surface area (TPSA) is 17.1 Å². The van der Waals surface area contributed by atoms with E-state index in [4.69, 9.17) is 9.60 Å². The molecule has 1 nitrogen and oxygen atoms in total.